The number of hydrogen-bond donors (Lipinski definition) is 1. The third-order valence-corrected chi connectivity index (χ3v) is 7.99. The third kappa shape index (κ3) is 5.69. The summed E-state index contributed by atoms with van der Waals surface area (Å²) in [6, 6.07) is -0.371. The van der Waals surface area contributed by atoms with Gasteiger partial charge in [-0.05, 0) is 37.1 Å². The fourth-order valence-electron chi connectivity index (χ4n) is 4.68. The van der Waals surface area contributed by atoms with Crippen LogP contribution in [0.2, 0.25) is 0 Å². The molecule has 1 aromatic heterocycles. The highest BCUT2D eigenvalue weighted by molar-refractivity contribution is 7.13. The van der Waals surface area contributed by atoms with Gasteiger partial charge in [-0.1, -0.05) is 25.7 Å². The number of aliphatic imine (C=N–C) groups is 1. The van der Waals surface area contributed by atoms with Gasteiger partial charge in [-0.15, -0.1) is 22.9 Å². The quantitative estimate of drug-likeness (QED) is 0.386. The number of anilines is 1. The van der Waals surface area contributed by atoms with E-state index in [1.807, 2.05) is 29.6 Å². The lowest BCUT2D eigenvalue weighted by Gasteiger charge is -2.42. The lowest BCUT2D eigenvalue weighted by Crippen LogP contribution is -2.58. The lowest BCUT2D eigenvalue weighted by atomic mass is 10.1. The summed E-state index contributed by atoms with van der Waals surface area (Å²) in [5, 5.41) is 19.5. The molecule has 0 aliphatic carbocycles. The predicted molar refractivity (Wildman–Crippen MR) is 152 cm³/mol. The summed E-state index contributed by atoms with van der Waals surface area (Å²) < 4.78 is 13.5. The molecule has 1 saturated heterocycles. The molecule has 204 valence electrons. The molecule has 0 radical (unpaired) electrons. The lowest BCUT2D eigenvalue weighted by molar-refractivity contribution is -0.133. The Morgan fingerprint density at radius 3 is 2.79 bits per heavy atom. The number of thiazole rings is 1. The highest BCUT2D eigenvalue weighted by atomic mass is 35.5. The molecule has 3 unspecified atom stereocenters. The second-order valence-corrected chi connectivity index (χ2v) is 10.3. The Labute approximate surface area is 231 Å². The maximum absolute atomic E-state index is 13.5. The third-order valence-electron chi connectivity index (χ3n) is 6.83. The maximum Gasteiger partial charge on any atom is 0.237 e. The topological polar surface area (TPSA) is 87.9 Å². The van der Waals surface area contributed by atoms with Gasteiger partial charge in [0, 0.05) is 32.1 Å². The van der Waals surface area contributed by atoms with Crippen LogP contribution in [0.5, 0.6) is 0 Å². The molecule has 38 heavy (non-hydrogen) atoms. The van der Waals surface area contributed by atoms with Crippen molar-refractivity contribution in [2.75, 3.05) is 44.1 Å². The normalized spacial score (nSPS) is 23.6. The minimum absolute atomic E-state index is 0.0228. The van der Waals surface area contributed by atoms with Crippen LogP contribution in [0.15, 0.2) is 58.3 Å². The van der Waals surface area contributed by atoms with E-state index in [2.05, 4.69) is 23.3 Å². The van der Waals surface area contributed by atoms with Gasteiger partial charge in [-0.2, -0.15) is 5.10 Å². The highest BCUT2D eigenvalue weighted by Gasteiger charge is 2.41. The smallest absolute Gasteiger partial charge is 0.237 e. The number of amidine groups is 2. The summed E-state index contributed by atoms with van der Waals surface area (Å²) in [4.78, 5) is 27.6. The van der Waals surface area contributed by atoms with Crippen molar-refractivity contribution in [1.82, 2.24) is 19.8 Å². The second-order valence-electron chi connectivity index (χ2n) is 9.17. The molecule has 4 heterocycles. The fourth-order valence-corrected chi connectivity index (χ4v) is 5.68. The van der Waals surface area contributed by atoms with E-state index in [1.54, 1.807) is 17.9 Å². The molecule has 1 aromatic rings. The first kappa shape index (κ1) is 28.0. The number of allylic oxidation sites excluding steroid dienone is 5. The molecule has 9 nitrogen and oxygen atoms in total. The van der Waals surface area contributed by atoms with Crippen LogP contribution in [-0.4, -0.2) is 99.9 Å². The molecule has 0 bridgehead atoms. The zero-order valence-corrected chi connectivity index (χ0v) is 23.4. The average Bonchev–Trinajstić information content (AvgIpc) is 3.59. The van der Waals surface area contributed by atoms with Crippen LogP contribution in [-0.2, 0) is 4.79 Å². The molecule has 1 fully saturated rings. The van der Waals surface area contributed by atoms with E-state index in [0.717, 1.165) is 23.2 Å². The minimum Gasteiger partial charge on any atom is -0.394 e. The van der Waals surface area contributed by atoms with Crippen LogP contribution in [0, 0.1) is 0 Å². The molecule has 3 aliphatic rings. The maximum atomic E-state index is 13.5. The monoisotopic (exact) mass is 561 g/mol. The van der Waals surface area contributed by atoms with Crippen molar-refractivity contribution < 1.29 is 14.3 Å². The molecule has 1 amide bonds. The summed E-state index contributed by atoms with van der Waals surface area (Å²) in [5.41, 5.74) is 1.31. The molecule has 1 N–H and O–H groups in total. The Hall–Kier alpha value is -3.02. The number of hydrogen-bond acceptors (Lipinski definition) is 9. The number of carbonyl (C=O) groups is 1. The van der Waals surface area contributed by atoms with Gasteiger partial charge in [0.25, 0.3) is 0 Å². The van der Waals surface area contributed by atoms with Crippen molar-refractivity contribution in [2.45, 2.75) is 38.5 Å². The average molecular weight is 562 g/mol. The van der Waals surface area contributed by atoms with Gasteiger partial charge in [0.05, 0.1) is 24.4 Å². The molecule has 0 aromatic carbocycles. The number of fused-ring (bicyclic) bond motifs is 1. The van der Waals surface area contributed by atoms with Gasteiger partial charge < -0.3 is 19.8 Å². The largest absolute Gasteiger partial charge is 0.394 e. The van der Waals surface area contributed by atoms with Crippen LogP contribution >= 0.6 is 22.9 Å². The number of carbonyl (C=O) groups excluding carboxylic acids is 1. The Kier molecular flexibility index (Phi) is 9.01. The van der Waals surface area contributed by atoms with Crippen LogP contribution < -0.4 is 4.90 Å². The zero-order valence-electron chi connectivity index (χ0n) is 21.8. The van der Waals surface area contributed by atoms with Gasteiger partial charge in [0.2, 0.25) is 5.91 Å². The Morgan fingerprint density at radius 2 is 2.11 bits per heavy atom. The molecule has 3 atom stereocenters. The van der Waals surface area contributed by atoms with Crippen molar-refractivity contribution in [2.24, 2.45) is 10.1 Å². The van der Waals surface area contributed by atoms with Gasteiger partial charge in [0.1, 0.15) is 29.5 Å². The predicted octanol–water partition coefficient (Wildman–Crippen LogP) is 3.47. The van der Waals surface area contributed by atoms with Gasteiger partial charge in [-0.3, -0.25) is 9.79 Å². The van der Waals surface area contributed by atoms with E-state index >= 15 is 0 Å². The van der Waals surface area contributed by atoms with Crippen LogP contribution in [0.4, 0.5) is 9.52 Å². The van der Waals surface area contributed by atoms with E-state index in [1.165, 1.54) is 23.5 Å². The molecule has 0 saturated carbocycles. The number of piperazine rings is 1. The Balaban J connectivity index is 1.53. The number of nitrogens with zero attached hydrogens (tertiary/aromatic N) is 7. The van der Waals surface area contributed by atoms with Crippen LogP contribution in [0.3, 0.4) is 0 Å². The number of amides is 1. The molecular formula is C26H33ClFN7O2S. The fraction of sp³-hybridized carbons (Fsp3) is 0.462. The highest BCUT2D eigenvalue weighted by Crippen LogP contribution is 2.32. The first-order valence-corrected chi connectivity index (χ1v) is 13.9. The van der Waals surface area contributed by atoms with E-state index in [4.69, 9.17) is 26.7 Å². The number of hydrazone groups is 1. The van der Waals surface area contributed by atoms with Gasteiger partial charge in [-0.25, -0.2) is 14.4 Å². The van der Waals surface area contributed by atoms with Crippen molar-refractivity contribution in [3.05, 3.63) is 53.9 Å². The Morgan fingerprint density at radius 1 is 1.34 bits per heavy atom. The molecule has 3 aliphatic heterocycles. The van der Waals surface area contributed by atoms with E-state index in [-0.39, 0.29) is 42.5 Å². The number of halogens is 2. The molecule has 0 spiro atoms. The molecule has 12 heteroatoms. The van der Waals surface area contributed by atoms with Gasteiger partial charge >= 0.3 is 0 Å². The van der Waals surface area contributed by atoms with E-state index in [0.29, 0.717) is 30.9 Å². The van der Waals surface area contributed by atoms with Crippen LogP contribution in [0.1, 0.15) is 26.0 Å². The van der Waals surface area contributed by atoms with E-state index in [9.17, 15) is 14.3 Å². The second kappa shape index (κ2) is 12.2. The standard InChI is InChI=1S/C26H33ClFN7O2S/c1-5-18(28)8-7-17(3)21-16-38-26(30-21)32(4)25-20(6-2)29-22-9-10-23(31-35(22)25)33-11-12-34(24(37)13-27)19(14-33)15-36/h5,7-10,16,19-20,25,36H,3,6,11-15H2,1-2,4H3. The summed E-state index contributed by atoms with van der Waals surface area (Å²) in [6.07, 6.45) is 8.89. The number of aromatic nitrogens is 1. The zero-order chi connectivity index (χ0) is 27.4. The summed E-state index contributed by atoms with van der Waals surface area (Å²) in [7, 11) is 1.97. The number of aliphatic hydroxyl groups excluding tert-OH is 1. The van der Waals surface area contributed by atoms with Crippen molar-refractivity contribution >= 4 is 51.2 Å². The van der Waals surface area contributed by atoms with Crippen molar-refractivity contribution in [3.63, 3.8) is 0 Å². The summed E-state index contributed by atoms with van der Waals surface area (Å²) >= 11 is 7.24. The first-order chi connectivity index (χ1) is 18.3. The SMILES string of the molecule is C=C(C=CC(F)=CC)c1csc(N(C)C2C(CC)N=C3C=CC(N4CCN(C(=O)CCl)C(CO)C4)=NN32)n1. The number of alkyl halides is 1. The Bertz CT molecular complexity index is 1210. The minimum atomic E-state index is -0.348. The van der Waals surface area contributed by atoms with Crippen LogP contribution in [0.25, 0.3) is 5.57 Å². The first-order valence-electron chi connectivity index (χ1n) is 12.5. The van der Waals surface area contributed by atoms with Crippen molar-refractivity contribution in [3.8, 4) is 0 Å². The van der Waals surface area contributed by atoms with Gasteiger partial charge in [0.15, 0.2) is 5.13 Å². The molecule has 4 rings (SSSR count). The van der Waals surface area contributed by atoms with E-state index < -0.39 is 0 Å². The number of likely N-dealkylation sites (N-methyl/N-ethyl adjacent to an activating group) is 1. The number of rotatable bonds is 8. The number of aliphatic hydroxyl groups is 1. The molecular weight excluding hydrogens is 529 g/mol. The summed E-state index contributed by atoms with van der Waals surface area (Å²) in [5.74, 6) is 0.912. The van der Waals surface area contributed by atoms with Crippen molar-refractivity contribution in [1.29, 1.82) is 0 Å². The summed E-state index contributed by atoms with van der Waals surface area (Å²) in [6.45, 7) is 9.11.